The highest BCUT2D eigenvalue weighted by atomic mass is 32.2. The molecule has 0 fully saturated rings. The van der Waals surface area contributed by atoms with Gasteiger partial charge in [-0.15, -0.1) is 10.2 Å². The summed E-state index contributed by atoms with van der Waals surface area (Å²) >= 11 is 1.60. The van der Waals surface area contributed by atoms with Gasteiger partial charge in [-0.2, -0.15) is 4.98 Å². The van der Waals surface area contributed by atoms with Crippen molar-refractivity contribution in [3.8, 4) is 17.1 Å². The first kappa shape index (κ1) is 22.4. The largest absolute Gasteiger partial charge is 0.448 e. The lowest BCUT2D eigenvalue weighted by Crippen LogP contribution is -2.25. The van der Waals surface area contributed by atoms with Crippen molar-refractivity contribution in [2.45, 2.75) is 51.4 Å². The van der Waals surface area contributed by atoms with Crippen LogP contribution in [-0.4, -0.2) is 34.0 Å². The summed E-state index contributed by atoms with van der Waals surface area (Å²) in [5.41, 5.74) is 4.87. The fourth-order valence-electron chi connectivity index (χ4n) is 3.82. The maximum absolute atomic E-state index is 6.39. The third-order valence-corrected chi connectivity index (χ3v) is 6.36. The van der Waals surface area contributed by atoms with E-state index in [4.69, 9.17) is 9.72 Å². The van der Waals surface area contributed by atoms with E-state index >= 15 is 0 Å². The van der Waals surface area contributed by atoms with Gasteiger partial charge in [0.2, 0.25) is 11.0 Å². The van der Waals surface area contributed by atoms with Crippen molar-refractivity contribution in [2.75, 3.05) is 29.1 Å². The molecule has 0 amide bonds. The van der Waals surface area contributed by atoms with E-state index in [0.717, 1.165) is 54.9 Å². The van der Waals surface area contributed by atoms with Crippen LogP contribution in [0.2, 0.25) is 0 Å². The molecule has 0 spiro atoms. The number of rotatable bonds is 9. The van der Waals surface area contributed by atoms with Gasteiger partial charge in [0.05, 0.1) is 0 Å². The molecule has 1 N–H and O–H groups in total. The molecule has 0 aliphatic carbocycles. The second kappa shape index (κ2) is 10.7. The van der Waals surface area contributed by atoms with E-state index in [2.05, 4.69) is 65.5 Å². The molecule has 32 heavy (non-hydrogen) atoms. The lowest BCUT2D eigenvalue weighted by atomic mass is 10.1. The fourth-order valence-corrected chi connectivity index (χ4v) is 4.46. The van der Waals surface area contributed by atoms with E-state index in [1.54, 1.807) is 11.8 Å². The van der Waals surface area contributed by atoms with Gasteiger partial charge in [-0.25, -0.2) is 0 Å². The van der Waals surface area contributed by atoms with Crippen LogP contribution in [0.25, 0.3) is 11.3 Å². The number of ether oxygens (including phenoxy) is 1. The van der Waals surface area contributed by atoms with Crippen LogP contribution in [0.4, 0.5) is 11.4 Å². The Bertz CT molecular complexity index is 1020. The predicted octanol–water partition coefficient (Wildman–Crippen LogP) is 6.17. The van der Waals surface area contributed by atoms with Crippen LogP contribution in [0.15, 0.2) is 53.7 Å². The highest BCUT2D eigenvalue weighted by Crippen LogP contribution is 2.39. The number of nitrogens with zero attached hydrogens (tertiary/aromatic N) is 4. The minimum atomic E-state index is -0.363. The molecule has 1 aliphatic rings. The van der Waals surface area contributed by atoms with Crippen molar-refractivity contribution in [3.05, 3.63) is 54.1 Å². The van der Waals surface area contributed by atoms with E-state index in [0.29, 0.717) is 16.7 Å². The van der Waals surface area contributed by atoms with Crippen LogP contribution in [-0.2, 0) is 0 Å². The lowest BCUT2D eigenvalue weighted by Gasteiger charge is -2.25. The number of thioether (sulfide) groups is 1. The third-order valence-electron chi connectivity index (χ3n) is 5.32. The molecule has 1 aliphatic heterocycles. The van der Waals surface area contributed by atoms with E-state index in [-0.39, 0.29) is 6.23 Å². The Labute approximate surface area is 194 Å². The molecular formula is C25H31N5OS. The number of hydrogen-bond acceptors (Lipinski definition) is 7. The average molecular weight is 450 g/mol. The number of fused-ring (bicyclic) bond motifs is 3. The normalized spacial score (nSPS) is 14.5. The smallest absolute Gasteiger partial charge is 0.247 e. The first-order valence-electron chi connectivity index (χ1n) is 11.5. The van der Waals surface area contributed by atoms with Crippen LogP contribution >= 0.6 is 11.8 Å². The van der Waals surface area contributed by atoms with Gasteiger partial charge in [0.25, 0.3) is 0 Å². The Balaban J connectivity index is 1.66. The molecule has 3 aromatic rings. The number of nitrogens with one attached hydrogen (secondary N) is 1. The number of benzene rings is 2. The number of aromatic nitrogens is 3. The van der Waals surface area contributed by atoms with Crippen molar-refractivity contribution in [1.29, 1.82) is 0 Å². The average Bonchev–Trinajstić information content (AvgIpc) is 2.99. The van der Waals surface area contributed by atoms with E-state index in [1.807, 2.05) is 24.3 Å². The van der Waals surface area contributed by atoms with Crippen molar-refractivity contribution in [2.24, 2.45) is 0 Å². The standard InChI is InChI=1S/C25H31N5OS/c1-4-15-30(16-5-2)19-13-11-18(12-14-19)23-26-21-10-8-7-9-20(21)22-24(31-23)27-25(29-28-22)32-17-6-3/h7-14,23,26H,4-6,15-17H2,1-3H3. The Hall–Kier alpha value is -2.80. The van der Waals surface area contributed by atoms with Crippen molar-refractivity contribution < 1.29 is 4.74 Å². The summed E-state index contributed by atoms with van der Waals surface area (Å²) in [5.74, 6) is 1.47. The highest BCUT2D eigenvalue weighted by molar-refractivity contribution is 7.99. The molecule has 0 saturated carbocycles. The Morgan fingerprint density at radius 2 is 1.69 bits per heavy atom. The topological polar surface area (TPSA) is 63.2 Å². The first-order chi connectivity index (χ1) is 15.7. The zero-order valence-corrected chi connectivity index (χ0v) is 19.9. The van der Waals surface area contributed by atoms with Gasteiger partial charge in [-0.1, -0.05) is 62.9 Å². The summed E-state index contributed by atoms with van der Waals surface area (Å²) in [6, 6.07) is 16.7. The molecule has 7 heteroatoms. The summed E-state index contributed by atoms with van der Waals surface area (Å²) in [7, 11) is 0. The minimum absolute atomic E-state index is 0.363. The minimum Gasteiger partial charge on any atom is -0.448 e. The summed E-state index contributed by atoms with van der Waals surface area (Å²) in [6.45, 7) is 8.71. The molecule has 2 heterocycles. The Morgan fingerprint density at radius 3 is 2.41 bits per heavy atom. The molecular weight excluding hydrogens is 418 g/mol. The van der Waals surface area contributed by atoms with Crippen LogP contribution < -0.4 is 15.0 Å². The molecule has 0 radical (unpaired) electrons. The number of para-hydroxylation sites is 1. The van der Waals surface area contributed by atoms with E-state index < -0.39 is 0 Å². The molecule has 4 rings (SSSR count). The van der Waals surface area contributed by atoms with Gasteiger partial charge >= 0.3 is 0 Å². The maximum atomic E-state index is 6.39. The molecule has 1 atom stereocenters. The first-order valence-corrected chi connectivity index (χ1v) is 12.5. The van der Waals surface area contributed by atoms with Gasteiger partial charge in [0, 0.05) is 41.3 Å². The van der Waals surface area contributed by atoms with Crippen LogP contribution in [0.5, 0.6) is 5.88 Å². The maximum Gasteiger partial charge on any atom is 0.247 e. The van der Waals surface area contributed by atoms with Gasteiger partial charge in [-0.3, -0.25) is 0 Å². The van der Waals surface area contributed by atoms with E-state index in [1.165, 1.54) is 5.69 Å². The van der Waals surface area contributed by atoms with Crippen molar-refractivity contribution in [3.63, 3.8) is 0 Å². The second-order valence-electron chi connectivity index (χ2n) is 7.86. The zero-order chi connectivity index (χ0) is 22.3. The molecule has 1 unspecified atom stereocenters. The molecule has 0 bridgehead atoms. The van der Waals surface area contributed by atoms with E-state index in [9.17, 15) is 0 Å². The summed E-state index contributed by atoms with van der Waals surface area (Å²) in [5, 5.41) is 13.0. The Morgan fingerprint density at radius 1 is 0.938 bits per heavy atom. The fraction of sp³-hybridized carbons (Fsp3) is 0.400. The third kappa shape index (κ3) is 4.99. The van der Waals surface area contributed by atoms with Crippen LogP contribution in [0.3, 0.4) is 0 Å². The number of hydrogen-bond donors (Lipinski definition) is 1. The summed E-state index contributed by atoms with van der Waals surface area (Å²) in [6.07, 6.45) is 2.96. The quantitative estimate of drug-likeness (QED) is 0.392. The van der Waals surface area contributed by atoms with Crippen molar-refractivity contribution in [1.82, 2.24) is 15.2 Å². The van der Waals surface area contributed by atoms with Gasteiger partial charge in [-0.05, 0) is 37.5 Å². The summed E-state index contributed by atoms with van der Waals surface area (Å²) in [4.78, 5) is 7.13. The zero-order valence-electron chi connectivity index (χ0n) is 19.0. The molecule has 6 nitrogen and oxygen atoms in total. The van der Waals surface area contributed by atoms with Crippen LogP contribution in [0.1, 0.15) is 51.8 Å². The van der Waals surface area contributed by atoms with Crippen LogP contribution in [0, 0.1) is 0 Å². The Kier molecular flexibility index (Phi) is 7.47. The van der Waals surface area contributed by atoms with Gasteiger partial charge in [0.1, 0.15) is 0 Å². The summed E-state index contributed by atoms with van der Waals surface area (Å²) < 4.78 is 6.39. The molecule has 2 aromatic carbocycles. The number of anilines is 2. The molecule has 0 saturated heterocycles. The van der Waals surface area contributed by atoms with Gasteiger partial charge in [0.15, 0.2) is 11.9 Å². The highest BCUT2D eigenvalue weighted by Gasteiger charge is 2.26. The molecule has 168 valence electrons. The van der Waals surface area contributed by atoms with Crippen molar-refractivity contribution >= 4 is 23.1 Å². The predicted molar refractivity (Wildman–Crippen MR) is 133 cm³/mol. The SMILES string of the molecule is CCCSc1nnc2c(n1)OC(c1ccc(N(CCC)CCC)cc1)Nc1ccccc1-2. The monoisotopic (exact) mass is 449 g/mol. The molecule has 1 aromatic heterocycles. The second-order valence-corrected chi connectivity index (χ2v) is 8.93. The lowest BCUT2D eigenvalue weighted by molar-refractivity contribution is 0.225. The van der Waals surface area contributed by atoms with Gasteiger partial charge < -0.3 is 15.0 Å².